The Bertz CT molecular complexity index is 1350. The number of aromatic nitrogens is 2. The van der Waals surface area contributed by atoms with Crippen molar-refractivity contribution < 1.29 is 13.9 Å². The topological polar surface area (TPSA) is 143 Å². The maximum Gasteiger partial charge on any atom is 0.338 e. The molecule has 0 aliphatic carbocycles. The van der Waals surface area contributed by atoms with Crippen LogP contribution in [-0.2, 0) is 9.53 Å². The molecule has 1 aliphatic rings. The molecule has 0 bridgehead atoms. The fourth-order valence-electron chi connectivity index (χ4n) is 3.41. The van der Waals surface area contributed by atoms with Gasteiger partial charge in [-0.1, -0.05) is 12.1 Å². The van der Waals surface area contributed by atoms with Crippen molar-refractivity contribution in [1.29, 1.82) is 0 Å². The largest absolute Gasteiger partial charge is 0.464 e. The molecule has 29 heavy (non-hydrogen) atoms. The summed E-state index contributed by atoms with van der Waals surface area (Å²) in [6.45, 7) is 1.73. The maximum atomic E-state index is 13.2. The number of carbonyl (C=O) groups excluding carboxylic acids is 1. The van der Waals surface area contributed by atoms with Crippen LogP contribution in [0.4, 0.5) is 5.82 Å². The van der Waals surface area contributed by atoms with Crippen molar-refractivity contribution in [1.82, 2.24) is 9.97 Å². The second kappa shape index (κ2) is 7.06. The van der Waals surface area contributed by atoms with E-state index in [1.165, 1.54) is 6.26 Å². The normalized spacial score (nSPS) is 15.7. The lowest BCUT2D eigenvalue weighted by atomic mass is 9.83. The highest BCUT2D eigenvalue weighted by Crippen LogP contribution is 2.37. The van der Waals surface area contributed by atoms with Gasteiger partial charge in [0.15, 0.2) is 10.2 Å². The summed E-state index contributed by atoms with van der Waals surface area (Å²) in [6.07, 6.45) is 1.23. The van der Waals surface area contributed by atoms with E-state index in [4.69, 9.17) is 27.1 Å². The minimum Gasteiger partial charge on any atom is -0.464 e. The van der Waals surface area contributed by atoms with Crippen LogP contribution in [0.3, 0.4) is 0 Å². The molecule has 1 aromatic carbocycles. The number of rotatable bonds is 3. The quantitative estimate of drug-likeness (QED) is 0.377. The van der Waals surface area contributed by atoms with Crippen molar-refractivity contribution in [2.75, 3.05) is 11.9 Å². The van der Waals surface area contributed by atoms with E-state index in [0.717, 1.165) is 0 Å². The molecule has 3 aromatic rings. The average molecular weight is 412 g/mol. The molecule has 0 radical (unpaired) electrons. The van der Waals surface area contributed by atoms with E-state index in [1.807, 2.05) is 0 Å². The second-order valence-electron chi connectivity index (χ2n) is 6.32. The van der Waals surface area contributed by atoms with Gasteiger partial charge in [0.05, 0.1) is 35.3 Å². The van der Waals surface area contributed by atoms with Gasteiger partial charge < -0.3 is 25.2 Å². The highest BCUT2D eigenvalue weighted by Gasteiger charge is 2.38. The van der Waals surface area contributed by atoms with Gasteiger partial charge in [-0.05, 0) is 31.3 Å². The number of esters is 1. The summed E-state index contributed by atoms with van der Waals surface area (Å²) in [6, 6.07) is 6.68. The number of benzene rings is 1. The van der Waals surface area contributed by atoms with Crippen LogP contribution in [-0.4, -0.2) is 22.5 Å². The van der Waals surface area contributed by atoms with E-state index in [1.54, 1.807) is 31.2 Å². The molecule has 1 atom stereocenters. The van der Waals surface area contributed by atoms with Crippen LogP contribution in [0.1, 0.15) is 24.0 Å². The van der Waals surface area contributed by atoms with Crippen molar-refractivity contribution in [2.45, 2.75) is 12.8 Å². The summed E-state index contributed by atoms with van der Waals surface area (Å²) in [5, 5.41) is 3.08. The summed E-state index contributed by atoms with van der Waals surface area (Å²) in [7, 11) is 0. The standard InChI is InChI=1S/C19H16N4O5S/c1-2-27-18(26)12-11(9-7-28-10-6-4-3-5-8(10)14(9)24)13-16(21-15(12)20)22-19(29)23-17(13)25/h3-7,11H,2,20H2,1H3,(H3,21,22,23,25,29). The Labute approximate surface area is 168 Å². The van der Waals surface area contributed by atoms with E-state index in [9.17, 15) is 14.4 Å². The number of nitrogens with two attached hydrogens (primary N) is 1. The summed E-state index contributed by atoms with van der Waals surface area (Å²) in [4.78, 5) is 43.9. The Balaban J connectivity index is 2.06. The number of fused-ring (bicyclic) bond motifs is 2. The van der Waals surface area contributed by atoms with Crippen LogP contribution in [0.15, 0.2) is 55.9 Å². The zero-order valence-electron chi connectivity index (χ0n) is 15.2. The van der Waals surface area contributed by atoms with Gasteiger partial charge in [0.1, 0.15) is 17.2 Å². The average Bonchev–Trinajstić information content (AvgIpc) is 2.67. The first-order valence-electron chi connectivity index (χ1n) is 8.73. The van der Waals surface area contributed by atoms with Crippen LogP contribution >= 0.6 is 12.2 Å². The fourth-order valence-corrected chi connectivity index (χ4v) is 3.61. The molecule has 5 N–H and O–H groups in total. The number of aromatic amines is 2. The minimum absolute atomic E-state index is 0.0511. The second-order valence-corrected chi connectivity index (χ2v) is 6.73. The van der Waals surface area contributed by atoms with Crippen molar-refractivity contribution in [3.05, 3.63) is 78.4 Å². The number of H-pyrrole nitrogens is 2. The highest BCUT2D eigenvalue weighted by atomic mass is 32.1. The monoisotopic (exact) mass is 412 g/mol. The molecule has 148 valence electrons. The van der Waals surface area contributed by atoms with E-state index in [-0.39, 0.29) is 45.1 Å². The molecule has 0 saturated heterocycles. The smallest absolute Gasteiger partial charge is 0.338 e. The van der Waals surface area contributed by atoms with Crippen LogP contribution in [0, 0.1) is 4.77 Å². The number of anilines is 1. The van der Waals surface area contributed by atoms with Gasteiger partial charge in [0.25, 0.3) is 5.56 Å². The number of hydrogen-bond donors (Lipinski definition) is 4. The number of ether oxygens (including phenoxy) is 1. The van der Waals surface area contributed by atoms with Crippen molar-refractivity contribution in [3.63, 3.8) is 0 Å². The Morgan fingerprint density at radius 2 is 2.03 bits per heavy atom. The molecule has 1 unspecified atom stereocenters. The van der Waals surface area contributed by atoms with Gasteiger partial charge in [-0.2, -0.15) is 0 Å². The van der Waals surface area contributed by atoms with E-state index in [2.05, 4.69) is 15.3 Å². The fraction of sp³-hybridized carbons (Fsp3) is 0.158. The molecular formula is C19H16N4O5S. The molecule has 10 heteroatoms. The Hall–Kier alpha value is -3.66. The Kier molecular flexibility index (Phi) is 4.55. The predicted molar refractivity (Wildman–Crippen MR) is 108 cm³/mol. The SMILES string of the molecule is CCOC(=O)C1=C(N)Nc2[nH]c(=S)[nH]c(=O)c2C1c1coc2ccccc2c1=O. The number of hydrogen-bond acceptors (Lipinski definition) is 8. The van der Waals surface area contributed by atoms with Gasteiger partial charge in [-0.25, -0.2) is 4.79 Å². The van der Waals surface area contributed by atoms with Gasteiger partial charge >= 0.3 is 5.97 Å². The first kappa shape index (κ1) is 18.7. The van der Waals surface area contributed by atoms with Gasteiger partial charge in [0.2, 0.25) is 0 Å². The van der Waals surface area contributed by atoms with Crippen molar-refractivity contribution >= 4 is 35.0 Å². The highest BCUT2D eigenvalue weighted by molar-refractivity contribution is 7.71. The first-order valence-corrected chi connectivity index (χ1v) is 9.14. The summed E-state index contributed by atoms with van der Waals surface area (Å²) >= 11 is 5.01. The van der Waals surface area contributed by atoms with Crippen molar-refractivity contribution in [2.24, 2.45) is 5.73 Å². The molecule has 0 fully saturated rings. The van der Waals surface area contributed by atoms with Gasteiger partial charge in [-0.3, -0.25) is 14.6 Å². The molecule has 0 amide bonds. The maximum absolute atomic E-state index is 13.2. The van der Waals surface area contributed by atoms with Gasteiger partial charge in [0, 0.05) is 5.56 Å². The van der Waals surface area contributed by atoms with Gasteiger partial charge in [-0.15, -0.1) is 0 Å². The molecule has 9 nitrogen and oxygen atoms in total. The zero-order valence-corrected chi connectivity index (χ0v) is 16.0. The van der Waals surface area contributed by atoms with E-state index >= 15 is 0 Å². The van der Waals surface area contributed by atoms with E-state index in [0.29, 0.717) is 11.0 Å². The molecule has 1 aliphatic heterocycles. The minimum atomic E-state index is -1.11. The molecule has 2 aromatic heterocycles. The lowest BCUT2D eigenvalue weighted by molar-refractivity contribution is -0.138. The third kappa shape index (κ3) is 3.03. The lowest BCUT2D eigenvalue weighted by Crippen LogP contribution is -2.35. The summed E-state index contributed by atoms with van der Waals surface area (Å²) in [5.41, 5.74) is 5.61. The molecule has 4 rings (SSSR count). The Morgan fingerprint density at radius 3 is 2.79 bits per heavy atom. The third-order valence-electron chi connectivity index (χ3n) is 4.62. The molecule has 0 spiro atoms. The van der Waals surface area contributed by atoms with E-state index < -0.39 is 17.4 Å². The lowest BCUT2D eigenvalue weighted by Gasteiger charge is -2.27. The van der Waals surface area contributed by atoms with Crippen LogP contribution in [0.5, 0.6) is 0 Å². The molecule has 0 saturated carbocycles. The number of para-hydroxylation sites is 1. The zero-order chi connectivity index (χ0) is 20.7. The van der Waals surface area contributed by atoms with Crippen LogP contribution in [0.2, 0.25) is 0 Å². The molecule has 3 heterocycles. The third-order valence-corrected chi connectivity index (χ3v) is 4.82. The number of carbonyl (C=O) groups is 1. The first-order chi connectivity index (χ1) is 13.9. The summed E-state index contributed by atoms with van der Waals surface area (Å²) < 4.78 is 10.8. The Morgan fingerprint density at radius 1 is 1.28 bits per heavy atom. The predicted octanol–water partition coefficient (Wildman–Crippen LogP) is 1.83. The van der Waals surface area contributed by atoms with Crippen molar-refractivity contribution in [3.8, 4) is 0 Å². The van der Waals surface area contributed by atoms with Crippen LogP contribution < -0.4 is 22.0 Å². The molecular weight excluding hydrogens is 396 g/mol. The summed E-state index contributed by atoms with van der Waals surface area (Å²) in [5.74, 6) is -1.71. The number of nitrogens with one attached hydrogen (secondary N) is 3. The van der Waals surface area contributed by atoms with Crippen LogP contribution in [0.25, 0.3) is 11.0 Å².